The molecule has 1 saturated heterocycles. The minimum atomic E-state index is 0.747. The van der Waals surface area contributed by atoms with E-state index in [0.717, 1.165) is 17.9 Å². The van der Waals surface area contributed by atoms with Crippen molar-refractivity contribution in [2.45, 2.75) is 46.1 Å². The quantitative estimate of drug-likeness (QED) is 0.660. The Hall–Kier alpha value is -0.0400. The molecule has 0 spiro atoms. The minimum absolute atomic E-state index is 0.747. The SMILES string of the molecule is CCCCC1CNC(C)C1C. The fourth-order valence-corrected chi connectivity index (χ4v) is 1.95. The molecular formula is C10H21N. The lowest BCUT2D eigenvalue weighted by molar-refractivity contribution is 0.377. The third-order valence-electron chi connectivity index (χ3n) is 3.16. The smallest absolute Gasteiger partial charge is 0.00676 e. The summed E-state index contributed by atoms with van der Waals surface area (Å²) in [6.45, 7) is 8.21. The normalized spacial score (nSPS) is 37.9. The van der Waals surface area contributed by atoms with E-state index in [1.165, 1.54) is 25.8 Å². The Morgan fingerprint density at radius 1 is 1.36 bits per heavy atom. The maximum Gasteiger partial charge on any atom is 0.00676 e. The van der Waals surface area contributed by atoms with Gasteiger partial charge in [-0.05, 0) is 31.7 Å². The van der Waals surface area contributed by atoms with E-state index in [2.05, 4.69) is 26.1 Å². The molecule has 11 heavy (non-hydrogen) atoms. The molecule has 0 aliphatic carbocycles. The van der Waals surface area contributed by atoms with Crippen molar-refractivity contribution in [2.24, 2.45) is 11.8 Å². The van der Waals surface area contributed by atoms with Gasteiger partial charge in [0.1, 0.15) is 0 Å². The summed E-state index contributed by atoms with van der Waals surface area (Å²) < 4.78 is 0. The first-order valence-electron chi connectivity index (χ1n) is 4.99. The van der Waals surface area contributed by atoms with Crippen molar-refractivity contribution in [3.63, 3.8) is 0 Å². The fraction of sp³-hybridized carbons (Fsp3) is 1.00. The highest BCUT2D eigenvalue weighted by Crippen LogP contribution is 2.25. The van der Waals surface area contributed by atoms with Gasteiger partial charge in [0.05, 0.1) is 0 Å². The topological polar surface area (TPSA) is 12.0 Å². The third-order valence-corrected chi connectivity index (χ3v) is 3.16. The Labute approximate surface area is 70.6 Å². The van der Waals surface area contributed by atoms with Gasteiger partial charge in [-0.15, -0.1) is 0 Å². The van der Waals surface area contributed by atoms with Gasteiger partial charge in [-0.25, -0.2) is 0 Å². The standard InChI is InChI=1S/C10H21N/c1-4-5-6-10-7-11-9(3)8(10)2/h8-11H,4-7H2,1-3H3. The second-order valence-corrected chi connectivity index (χ2v) is 3.96. The minimum Gasteiger partial charge on any atom is -0.314 e. The van der Waals surface area contributed by atoms with Crippen LogP contribution in [0.2, 0.25) is 0 Å². The average Bonchev–Trinajstić information content (AvgIpc) is 2.31. The van der Waals surface area contributed by atoms with E-state index in [0.29, 0.717) is 0 Å². The van der Waals surface area contributed by atoms with Gasteiger partial charge in [-0.2, -0.15) is 0 Å². The van der Waals surface area contributed by atoms with E-state index in [1.54, 1.807) is 0 Å². The lowest BCUT2D eigenvalue weighted by atomic mass is 9.89. The summed E-state index contributed by atoms with van der Waals surface area (Å²) in [5.41, 5.74) is 0. The summed E-state index contributed by atoms with van der Waals surface area (Å²) in [5, 5.41) is 3.53. The lowest BCUT2D eigenvalue weighted by Gasteiger charge is -2.15. The summed E-state index contributed by atoms with van der Waals surface area (Å²) in [6, 6.07) is 0.747. The fourth-order valence-electron chi connectivity index (χ4n) is 1.95. The first-order chi connectivity index (χ1) is 5.25. The number of hydrogen-bond acceptors (Lipinski definition) is 1. The van der Waals surface area contributed by atoms with E-state index in [1.807, 2.05) is 0 Å². The van der Waals surface area contributed by atoms with Crippen LogP contribution in [-0.2, 0) is 0 Å². The Morgan fingerprint density at radius 3 is 2.55 bits per heavy atom. The van der Waals surface area contributed by atoms with E-state index in [-0.39, 0.29) is 0 Å². The van der Waals surface area contributed by atoms with Crippen LogP contribution >= 0.6 is 0 Å². The van der Waals surface area contributed by atoms with Gasteiger partial charge in [0, 0.05) is 6.04 Å². The third kappa shape index (κ3) is 2.19. The van der Waals surface area contributed by atoms with E-state index >= 15 is 0 Å². The summed E-state index contributed by atoms with van der Waals surface area (Å²) in [4.78, 5) is 0. The van der Waals surface area contributed by atoms with Crippen molar-refractivity contribution in [3.05, 3.63) is 0 Å². The molecule has 1 heteroatoms. The molecule has 0 saturated carbocycles. The van der Waals surface area contributed by atoms with Crippen LogP contribution in [0.25, 0.3) is 0 Å². The van der Waals surface area contributed by atoms with Crippen LogP contribution in [0.3, 0.4) is 0 Å². The van der Waals surface area contributed by atoms with Gasteiger partial charge in [0.2, 0.25) is 0 Å². The zero-order valence-electron chi connectivity index (χ0n) is 8.06. The maximum atomic E-state index is 3.53. The second-order valence-electron chi connectivity index (χ2n) is 3.96. The average molecular weight is 155 g/mol. The maximum absolute atomic E-state index is 3.53. The zero-order valence-corrected chi connectivity index (χ0v) is 8.06. The van der Waals surface area contributed by atoms with Crippen molar-refractivity contribution in [1.29, 1.82) is 0 Å². The van der Waals surface area contributed by atoms with Gasteiger partial charge in [-0.1, -0.05) is 26.7 Å². The summed E-state index contributed by atoms with van der Waals surface area (Å²) in [5.74, 6) is 1.84. The number of rotatable bonds is 3. The summed E-state index contributed by atoms with van der Waals surface area (Å²) in [7, 11) is 0. The Bertz CT molecular complexity index is 111. The molecule has 3 unspecified atom stereocenters. The molecule has 0 bridgehead atoms. The molecule has 0 amide bonds. The van der Waals surface area contributed by atoms with Gasteiger partial charge in [0.15, 0.2) is 0 Å². The largest absolute Gasteiger partial charge is 0.314 e. The van der Waals surface area contributed by atoms with Crippen LogP contribution in [0.1, 0.15) is 40.0 Å². The van der Waals surface area contributed by atoms with E-state index < -0.39 is 0 Å². The van der Waals surface area contributed by atoms with Crippen LogP contribution in [-0.4, -0.2) is 12.6 Å². The Kier molecular flexibility index (Phi) is 3.38. The van der Waals surface area contributed by atoms with Crippen LogP contribution in [0.5, 0.6) is 0 Å². The van der Waals surface area contributed by atoms with Crippen molar-refractivity contribution >= 4 is 0 Å². The molecule has 0 radical (unpaired) electrons. The van der Waals surface area contributed by atoms with Crippen molar-refractivity contribution in [1.82, 2.24) is 5.32 Å². The summed E-state index contributed by atoms with van der Waals surface area (Å²) in [6.07, 6.45) is 4.18. The number of hydrogen-bond donors (Lipinski definition) is 1. The van der Waals surface area contributed by atoms with Gasteiger partial charge in [-0.3, -0.25) is 0 Å². The molecule has 1 heterocycles. The zero-order chi connectivity index (χ0) is 8.27. The highest BCUT2D eigenvalue weighted by atomic mass is 15.0. The number of unbranched alkanes of at least 4 members (excludes halogenated alkanes) is 1. The molecule has 1 nitrogen and oxygen atoms in total. The molecule has 1 aliphatic rings. The molecule has 0 aromatic carbocycles. The molecule has 3 atom stereocenters. The Morgan fingerprint density at radius 2 is 2.09 bits per heavy atom. The number of nitrogens with one attached hydrogen (secondary N) is 1. The van der Waals surface area contributed by atoms with Crippen LogP contribution in [0.4, 0.5) is 0 Å². The Balaban J connectivity index is 2.24. The molecule has 1 N–H and O–H groups in total. The van der Waals surface area contributed by atoms with Gasteiger partial charge < -0.3 is 5.32 Å². The van der Waals surface area contributed by atoms with Gasteiger partial charge >= 0.3 is 0 Å². The highest BCUT2D eigenvalue weighted by Gasteiger charge is 2.28. The van der Waals surface area contributed by atoms with Gasteiger partial charge in [0.25, 0.3) is 0 Å². The molecule has 1 aliphatic heterocycles. The molecule has 0 aromatic rings. The van der Waals surface area contributed by atoms with Crippen molar-refractivity contribution in [3.8, 4) is 0 Å². The predicted molar refractivity (Wildman–Crippen MR) is 49.6 cm³/mol. The monoisotopic (exact) mass is 155 g/mol. The van der Waals surface area contributed by atoms with E-state index in [4.69, 9.17) is 0 Å². The van der Waals surface area contributed by atoms with Crippen molar-refractivity contribution < 1.29 is 0 Å². The van der Waals surface area contributed by atoms with Crippen LogP contribution in [0, 0.1) is 11.8 Å². The molecule has 66 valence electrons. The molecule has 0 aromatic heterocycles. The molecule has 1 rings (SSSR count). The summed E-state index contributed by atoms with van der Waals surface area (Å²) >= 11 is 0. The van der Waals surface area contributed by atoms with E-state index in [9.17, 15) is 0 Å². The molecule has 1 fully saturated rings. The first-order valence-corrected chi connectivity index (χ1v) is 4.99. The van der Waals surface area contributed by atoms with Crippen LogP contribution in [0.15, 0.2) is 0 Å². The second kappa shape index (κ2) is 4.10. The predicted octanol–water partition coefficient (Wildman–Crippen LogP) is 2.42. The highest BCUT2D eigenvalue weighted by molar-refractivity contribution is 4.84. The van der Waals surface area contributed by atoms with Crippen molar-refractivity contribution in [2.75, 3.05) is 6.54 Å². The first kappa shape index (κ1) is 9.05. The lowest BCUT2D eigenvalue weighted by Crippen LogP contribution is -2.21. The van der Waals surface area contributed by atoms with Crippen LogP contribution < -0.4 is 5.32 Å². The molecular weight excluding hydrogens is 134 g/mol.